The van der Waals surface area contributed by atoms with E-state index < -0.39 is 0 Å². The normalized spacial score (nSPS) is 12.9. The van der Waals surface area contributed by atoms with Gasteiger partial charge >= 0.3 is 0 Å². The van der Waals surface area contributed by atoms with Gasteiger partial charge < -0.3 is 10.3 Å². The Hall–Kier alpha value is -1.13. The number of nitrogens with zero attached hydrogens (tertiary/aromatic N) is 1. The first kappa shape index (κ1) is 11.4. The van der Waals surface area contributed by atoms with Crippen LogP contribution in [0.15, 0.2) is 24.5 Å². The van der Waals surface area contributed by atoms with E-state index in [-0.39, 0.29) is 0 Å². The molecule has 0 spiro atoms. The fourth-order valence-corrected chi connectivity index (χ4v) is 2.72. The molecule has 2 aromatic heterocycles. The molecule has 2 heterocycles. The number of likely N-dealkylation sites (N-methyl/N-ethyl adjacent to an activating group) is 1. The van der Waals surface area contributed by atoms with Gasteiger partial charge in [-0.05, 0) is 25.6 Å². The summed E-state index contributed by atoms with van der Waals surface area (Å²) in [6.07, 6.45) is 4.59. The van der Waals surface area contributed by atoms with E-state index in [0.29, 0.717) is 6.04 Å². The summed E-state index contributed by atoms with van der Waals surface area (Å²) in [6.45, 7) is 5.25. The maximum atomic E-state index is 4.28. The van der Waals surface area contributed by atoms with Crippen LogP contribution in [0.1, 0.15) is 28.5 Å². The van der Waals surface area contributed by atoms with E-state index >= 15 is 0 Å². The molecule has 3 nitrogen and oxygen atoms in total. The molecule has 0 fully saturated rings. The van der Waals surface area contributed by atoms with Gasteiger partial charge in [0.15, 0.2) is 0 Å². The summed E-state index contributed by atoms with van der Waals surface area (Å²) in [5, 5.41) is 3.50. The third kappa shape index (κ3) is 2.71. The molecule has 1 atom stereocenters. The first-order chi connectivity index (χ1) is 7.79. The van der Waals surface area contributed by atoms with Crippen molar-refractivity contribution in [2.75, 3.05) is 6.54 Å². The highest BCUT2D eigenvalue weighted by atomic mass is 32.1. The second-order valence-corrected chi connectivity index (χ2v) is 5.12. The van der Waals surface area contributed by atoms with Crippen LogP contribution in [0.3, 0.4) is 0 Å². The zero-order chi connectivity index (χ0) is 11.4. The Balaban J connectivity index is 2.11. The van der Waals surface area contributed by atoms with E-state index in [0.717, 1.165) is 18.8 Å². The lowest BCUT2D eigenvalue weighted by Crippen LogP contribution is -2.22. The third-order valence-corrected chi connectivity index (χ3v) is 3.62. The van der Waals surface area contributed by atoms with E-state index in [9.17, 15) is 0 Å². The minimum absolute atomic E-state index is 0.370. The Kier molecular flexibility index (Phi) is 3.74. The lowest BCUT2D eigenvalue weighted by molar-refractivity contribution is 0.547. The molecule has 0 bridgehead atoms. The number of thiophene rings is 1. The minimum Gasteiger partial charge on any atom is -0.349 e. The maximum absolute atomic E-state index is 4.28. The number of rotatable bonds is 5. The lowest BCUT2D eigenvalue weighted by atomic mass is 10.1. The quantitative estimate of drug-likeness (QED) is 0.836. The molecule has 0 aromatic carbocycles. The summed E-state index contributed by atoms with van der Waals surface area (Å²) in [5.41, 5.74) is 0. The molecule has 0 aliphatic heterocycles. The van der Waals surface area contributed by atoms with Crippen LogP contribution in [0.25, 0.3) is 0 Å². The van der Waals surface area contributed by atoms with Gasteiger partial charge in [0.2, 0.25) is 0 Å². The SMILES string of the molecule is CCNC(Cc1ncc[nH]1)c1ccc(C)s1. The van der Waals surface area contributed by atoms with Crippen molar-refractivity contribution in [3.8, 4) is 0 Å². The van der Waals surface area contributed by atoms with Crippen LogP contribution in [-0.4, -0.2) is 16.5 Å². The number of nitrogens with one attached hydrogen (secondary N) is 2. The molecule has 86 valence electrons. The van der Waals surface area contributed by atoms with E-state index in [1.54, 1.807) is 6.20 Å². The summed E-state index contributed by atoms with van der Waals surface area (Å²) in [7, 11) is 0. The number of aromatic amines is 1. The third-order valence-electron chi connectivity index (χ3n) is 2.51. The average Bonchev–Trinajstić information content (AvgIpc) is 2.88. The van der Waals surface area contributed by atoms with Crippen LogP contribution in [0, 0.1) is 6.92 Å². The highest BCUT2D eigenvalue weighted by Gasteiger charge is 2.13. The van der Waals surface area contributed by atoms with E-state index in [4.69, 9.17) is 0 Å². The predicted molar refractivity (Wildman–Crippen MR) is 67.8 cm³/mol. The molecular formula is C12H17N3S. The summed E-state index contributed by atoms with van der Waals surface area (Å²) in [4.78, 5) is 10.2. The van der Waals surface area contributed by atoms with Crippen molar-refractivity contribution in [1.29, 1.82) is 0 Å². The van der Waals surface area contributed by atoms with E-state index in [1.807, 2.05) is 17.5 Å². The van der Waals surface area contributed by atoms with Crippen molar-refractivity contribution in [1.82, 2.24) is 15.3 Å². The van der Waals surface area contributed by atoms with E-state index in [2.05, 4.69) is 41.3 Å². The van der Waals surface area contributed by atoms with Gasteiger partial charge in [0.1, 0.15) is 5.82 Å². The van der Waals surface area contributed by atoms with Crippen LogP contribution in [0.5, 0.6) is 0 Å². The van der Waals surface area contributed by atoms with Crippen LogP contribution in [0.2, 0.25) is 0 Å². The Labute approximate surface area is 99.9 Å². The van der Waals surface area contributed by atoms with Crippen LogP contribution < -0.4 is 5.32 Å². The van der Waals surface area contributed by atoms with Crippen molar-refractivity contribution in [2.45, 2.75) is 26.3 Å². The van der Waals surface area contributed by atoms with Crippen molar-refractivity contribution in [3.63, 3.8) is 0 Å². The van der Waals surface area contributed by atoms with Gasteiger partial charge in [-0.3, -0.25) is 0 Å². The van der Waals surface area contributed by atoms with Crippen molar-refractivity contribution in [2.24, 2.45) is 0 Å². The van der Waals surface area contributed by atoms with Gasteiger partial charge in [0.05, 0.1) is 0 Å². The standard InChI is InChI=1S/C12H17N3S/c1-3-13-10(8-12-14-6-7-15-12)11-5-4-9(2)16-11/h4-7,10,13H,3,8H2,1-2H3,(H,14,15). The molecule has 2 rings (SSSR count). The topological polar surface area (TPSA) is 40.7 Å². The lowest BCUT2D eigenvalue weighted by Gasteiger charge is -2.14. The van der Waals surface area contributed by atoms with Crippen LogP contribution >= 0.6 is 11.3 Å². The molecule has 0 saturated carbocycles. The van der Waals surface area contributed by atoms with Crippen LogP contribution in [-0.2, 0) is 6.42 Å². The second-order valence-electron chi connectivity index (χ2n) is 3.80. The summed E-state index contributed by atoms with van der Waals surface area (Å²) < 4.78 is 0. The number of hydrogen-bond acceptors (Lipinski definition) is 3. The zero-order valence-corrected chi connectivity index (χ0v) is 10.5. The molecule has 0 aliphatic carbocycles. The summed E-state index contributed by atoms with van der Waals surface area (Å²) >= 11 is 1.85. The monoisotopic (exact) mass is 235 g/mol. The smallest absolute Gasteiger partial charge is 0.107 e. The largest absolute Gasteiger partial charge is 0.349 e. The van der Waals surface area contributed by atoms with E-state index in [1.165, 1.54) is 9.75 Å². The number of hydrogen-bond donors (Lipinski definition) is 2. The number of H-pyrrole nitrogens is 1. The Morgan fingerprint density at radius 3 is 2.94 bits per heavy atom. The molecule has 0 saturated heterocycles. The zero-order valence-electron chi connectivity index (χ0n) is 9.66. The van der Waals surface area contributed by atoms with Gasteiger partial charge in [-0.15, -0.1) is 11.3 Å². The van der Waals surface area contributed by atoms with Gasteiger partial charge in [0, 0.05) is 34.6 Å². The molecule has 2 N–H and O–H groups in total. The van der Waals surface area contributed by atoms with Gasteiger partial charge in [-0.2, -0.15) is 0 Å². The molecule has 0 aliphatic rings. The highest BCUT2D eigenvalue weighted by Crippen LogP contribution is 2.24. The number of aromatic nitrogens is 2. The van der Waals surface area contributed by atoms with Crippen LogP contribution in [0.4, 0.5) is 0 Å². The molecule has 4 heteroatoms. The average molecular weight is 235 g/mol. The maximum Gasteiger partial charge on any atom is 0.107 e. The van der Waals surface area contributed by atoms with Gasteiger partial charge in [-0.25, -0.2) is 4.98 Å². The molecule has 0 radical (unpaired) electrons. The fraction of sp³-hybridized carbons (Fsp3) is 0.417. The molecule has 1 unspecified atom stereocenters. The molecular weight excluding hydrogens is 218 g/mol. The Morgan fingerprint density at radius 1 is 1.50 bits per heavy atom. The Bertz CT molecular complexity index is 419. The predicted octanol–water partition coefficient (Wildman–Crippen LogP) is 2.67. The van der Waals surface area contributed by atoms with Gasteiger partial charge in [0.25, 0.3) is 0 Å². The van der Waals surface area contributed by atoms with Crippen molar-refractivity contribution in [3.05, 3.63) is 40.1 Å². The second kappa shape index (κ2) is 5.27. The number of aryl methyl sites for hydroxylation is 1. The Morgan fingerprint density at radius 2 is 2.38 bits per heavy atom. The number of imidazole rings is 1. The summed E-state index contributed by atoms with van der Waals surface area (Å²) in [6, 6.07) is 4.75. The summed E-state index contributed by atoms with van der Waals surface area (Å²) in [5.74, 6) is 1.04. The first-order valence-corrected chi connectivity index (χ1v) is 6.39. The highest BCUT2D eigenvalue weighted by molar-refractivity contribution is 7.12. The molecule has 2 aromatic rings. The van der Waals surface area contributed by atoms with Crippen molar-refractivity contribution >= 4 is 11.3 Å². The van der Waals surface area contributed by atoms with Crippen molar-refractivity contribution < 1.29 is 0 Å². The van der Waals surface area contributed by atoms with Gasteiger partial charge in [-0.1, -0.05) is 6.92 Å². The molecule has 16 heavy (non-hydrogen) atoms. The fourth-order valence-electron chi connectivity index (χ4n) is 1.76. The minimum atomic E-state index is 0.370. The first-order valence-electron chi connectivity index (χ1n) is 5.57. The molecule has 0 amide bonds.